The largest absolute Gasteiger partial charge is 0.508 e. The fourth-order valence-electron chi connectivity index (χ4n) is 4.26. The number of hydrogen-bond donors (Lipinski definition) is 3. The van der Waals surface area contributed by atoms with E-state index in [0.29, 0.717) is 5.75 Å². The van der Waals surface area contributed by atoms with Gasteiger partial charge in [-0.3, -0.25) is 4.79 Å². The monoisotopic (exact) mass is 594 g/mol. The van der Waals surface area contributed by atoms with Gasteiger partial charge in [-0.2, -0.15) is 6.42 Å². The van der Waals surface area contributed by atoms with Crippen LogP contribution in [0.4, 0.5) is 0 Å². The van der Waals surface area contributed by atoms with Crippen LogP contribution >= 0.6 is 32.9 Å². The van der Waals surface area contributed by atoms with E-state index in [0.717, 1.165) is 72.1 Å². The molecule has 1 fully saturated rings. The minimum atomic E-state index is -0.579. The number of phenolic OH excluding ortho intramolecular Hbond substituents is 1. The van der Waals surface area contributed by atoms with Gasteiger partial charge >= 0.3 is 0 Å². The van der Waals surface area contributed by atoms with Crippen LogP contribution < -0.4 is 0 Å². The van der Waals surface area contributed by atoms with Crippen LogP contribution in [0.25, 0.3) is 10.4 Å². The van der Waals surface area contributed by atoms with Crippen molar-refractivity contribution >= 4 is 38.7 Å². The van der Waals surface area contributed by atoms with Crippen molar-refractivity contribution in [1.29, 1.82) is 0 Å². The van der Waals surface area contributed by atoms with Crippen molar-refractivity contribution in [2.45, 2.75) is 83.3 Å². The molecule has 1 heterocycles. The van der Waals surface area contributed by atoms with Crippen molar-refractivity contribution in [3.8, 4) is 16.2 Å². The van der Waals surface area contributed by atoms with Gasteiger partial charge in [0.05, 0.1) is 12.2 Å². The quantitative estimate of drug-likeness (QED) is 0.0770. The molecule has 0 unspecified atom stereocenters. The third kappa shape index (κ3) is 11.7. The number of Topliss-reactive ketones (excluding diaryl/α,β-unsaturated/α-hetero) is 1. The number of rotatable bonds is 12. The number of ketones is 1. The second-order valence-corrected chi connectivity index (χ2v) is 12.0. The van der Waals surface area contributed by atoms with Crippen LogP contribution in [0.15, 0.2) is 42.5 Å². The number of carbonyl (C=O) groups excluding carboxylic acids is 1. The molecule has 1 aromatic heterocycles. The van der Waals surface area contributed by atoms with Crippen molar-refractivity contribution in [2.75, 3.05) is 0 Å². The van der Waals surface area contributed by atoms with Crippen molar-refractivity contribution in [3.05, 3.63) is 53.2 Å². The minimum Gasteiger partial charge on any atom is -0.508 e. The molecule has 0 amide bonds. The summed E-state index contributed by atoms with van der Waals surface area (Å²) in [6.07, 6.45) is 11.9. The Morgan fingerprint density at radius 3 is 2.47 bits per heavy atom. The summed E-state index contributed by atoms with van der Waals surface area (Å²) in [7, 11) is 3.26. The van der Waals surface area contributed by atoms with E-state index in [9.17, 15) is 15.0 Å². The molecular formula is C28H39CoO4S3-. The van der Waals surface area contributed by atoms with Gasteiger partial charge in [-0.05, 0) is 48.7 Å². The van der Waals surface area contributed by atoms with E-state index >= 15 is 0 Å². The maximum atomic E-state index is 12.0. The molecule has 1 radical (unpaired) electrons. The third-order valence-electron chi connectivity index (χ3n) is 6.27. The SMILES string of the molecule is Oc1ccc(-c2cc(=S)ss2)cc1.[CH2-]CCCCC[C@H]1C(=O)C[C@@H](O)[C@@H]1/C=C/[C@@H](O)CCCCC.[Co]. The first kappa shape index (κ1) is 33.2. The fraction of sp³-hybridized carbons (Fsp3) is 0.536. The first-order valence-corrected chi connectivity index (χ1v) is 15.2. The van der Waals surface area contributed by atoms with Crippen molar-refractivity contribution in [2.24, 2.45) is 11.8 Å². The predicted molar refractivity (Wildman–Crippen MR) is 150 cm³/mol. The average Bonchev–Trinajstić information content (AvgIpc) is 3.38. The Morgan fingerprint density at radius 2 is 1.86 bits per heavy atom. The number of unbranched alkanes of at least 4 members (excludes halogenated alkanes) is 5. The summed E-state index contributed by atoms with van der Waals surface area (Å²) < 4.78 is 0.910. The van der Waals surface area contributed by atoms with E-state index in [4.69, 9.17) is 17.3 Å². The van der Waals surface area contributed by atoms with Crippen LogP contribution in [0.5, 0.6) is 5.75 Å². The second kappa shape index (κ2) is 18.4. The summed E-state index contributed by atoms with van der Waals surface area (Å²) in [6, 6.07) is 9.13. The zero-order chi connectivity index (χ0) is 25.6. The molecule has 0 bridgehead atoms. The second-order valence-electron chi connectivity index (χ2n) is 9.11. The summed E-state index contributed by atoms with van der Waals surface area (Å²) in [5.41, 5.74) is 1.11. The van der Waals surface area contributed by atoms with Crippen LogP contribution in [0, 0.1) is 22.6 Å². The topological polar surface area (TPSA) is 77.8 Å². The van der Waals surface area contributed by atoms with Gasteiger partial charge in [-0.15, -0.1) is 0 Å². The molecule has 0 spiro atoms. The van der Waals surface area contributed by atoms with Gasteiger partial charge in [-0.1, -0.05) is 90.5 Å². The smallest absolute Gasteiger partial charge is 0.139 e. The number of phenols is 1. The van der Waals surface area contributed by atoms with E-state index < -0.39 is 12.2 Å². The molecule has 36 heavy (non-hydrogen) atoms. The van der Waals surface area contributed by atoms with E-state index in [-0.39, 0.29) is 40.8 Å². The molecule has 1 aliphatic rings. The van der Waals surface area contributed by atoms with Crippen LogP contribution in [0.1, 0.15) is 71.1 Å². The summed E-state index contributed by atoms with van der Waals surface area (Å²) in [5.74, 6) is 0.284. The predicted octanol–water partition coefficient (Wildman–Crippen LogP) is 7.74. The minimum absolute atomic E-state index is 0. The molecule has 0 saturated heterocycles. The van der Waals surface area contributed by atoms with Crippen LogP contribution in [0.2, 0.25) is 0 Å². The number of carbonyl (C=O) groups is 1. The van der Waals surface area contributed by atoms with Crippen LogP contribution in [-0.4, -0.2) is 33.3 Å². The van der Waals surface area contributed by atoms with Crippen LogP contribution in [0.3, 0.4) is 0 Å². The maximum Gasteiger partial charge on any atom is 0.139 e. The summed E-state index contributed by atoms with van der Waals surface area (Å²) in [5, 5.41) is 29.2. The van der Waals surface area contributed by atoms with E-state index in [1.165, 1.54) is 0 Å². The molecule has 8 heteroatoms. The van der Waals surface area contributed by atoms with Crippen molar-refractivity contribution in [1.82, 2.24) is 0 Å². The van der Waals surface area contributed by atoms with E-state index in [1.807, 2.05) is 24.3 Å². The van der Waals surface area contributed by atoms with Gasteiger partial charge in [-0.25, -0.2) is 0 Å². The maximum absolute atomic E-state index is 12.0. The molecule has 203 valence electrons. The van der Waals surface area contributed by atoms with E-state index in [2.05, 4.69) is 13.8 Å². The third-order valence-corrected chi connectivity index (χ3v) is 9.18. The Kier molecular flexibility index (Phi) is 16.9. The van der Waals surface area contributed by atoms with Gasteiger partial charge in [0.2, 0.25) is 0 Å². The van der Waals surface area contributed by atoms with Crippen molar-refractivity contribution in [3.63, 3.8) is 0 Å². The number of aliphatic hydroxyl groups excluding tert-OH is 2. The Hall–Kier alpha value is -0.874. The first-order chi connectivity index (χ1) is 16.8. The number of aliphatic hydroxyl groups is 2. The summed E-state index contributed by atoms with van der Waals surface area (Å²) in [4.78, 5) is 13.2. The molecule has 3 N–H and O–H groups in total. The molecular weight excluding hydrogens is 555 g/mol. The molecule has 1 saturated carbocycles. The molecule has 4 atom stereocenters. The zero-order valence-corrected chi connectivity index (χ0v) is 24.4. The van der Waals surface area contributed by atoms with Gasteiger partial charge in [0, 0.05) is 39.9 Å². The molecule has 0 aliphatic heterocycles. The molecule has 4 nitrogen and oxygen atoms in total. The number of benzene rings is 1. The number of hydrogen-bond acceptors (Lipinski definition) is 7. The Bertz CT molecular complexity index is 954. The molecule has 2 aromatic rings. The van der Waals surface area contributed by atoms with Crippen molar-refractivity contribution < 1.29 is 36.9 Å². The first-order valence-electron chi connectivity index (χ1n) is 12.6. The van der Waals surface area contributed by atoms with Gasteiger partial charge in [0.15, 0.2) is 0 Å². The Balaban J connectivity index is 0.000000392. The molecule has 3 rings (SSSR count). The normalized spacial score (nSPS) is 20.1. The average molecular weight is 595 g/mol. The fourth-order valence-corrected chi connectivity index (χ4v) is 6.67. The molecule has 1 aromatic carbocycles. The van der Waals surface area contributed by atoms with Gasteiger partial charge < -0.3 is 22.2 Å². The van der Waals surface area contributed by atoms with Gasteiger partial charge in [0.25, 0.3) is 0 Å². The number of aromatic hydroxyl groups is 1. The Morgan fingerprint density at radius 1 is 1.14 bits per heavy atom. The van der Waals surface area contributed by atoms with E-state index in [1.54, 1.807) is 38.9 Å². The Labute approximate surface area is 239 Å². The zero-order valence-electron chi connectivity index (χ0n) is 20.9. The van der Waals surface area contributed by atoms with Gasteiger partial charge in [0.1, 0.15) is 15.4 Å². The molecule has 1 aliphatic carbocycles. The summed E-state index contributed by atoms with van der Waals surface area (Å²) >= 11 is 5.04. The van der Waals surface area contributed by atoms with Crippen LogP contribution in [-0.2, 0) is 21.6 Å². The summed E-state index contributed by atoms with van der Waals surface area (Å²) in [6.45, 7) is 5.97. The standard InChI is InChI=1S/C19H33O3.C9H6OS3.Co/c1-3-5-7-9-11-16-17(19(22)14-18(16)21)13-12-15(20)10-8-6-4-2;10-7-3-1-6(2-4-7)8-5-9(11)13-12-8;/h12-13,15-17,19-20,22H,1,3-11,14H2,2H3;1-5,10H;/q-1;;/b13-12+;;/t15-,16+,17+,19+;;/m0../s1.